The minimum atomic E-state index is -0.102. The van der Waals surface area contributed by atoms with Gasteiger partial charge in [0.2, 0.25) is 0 Å². The van der Waals surface area contributed by atoms with Gasteiger partial charge < -0.3 is 5.10 Å². The molecule has 4 heteroatoms. The van der Waals surface area contributed by atoms with Crippen LogP contribution in [0.15, 0.2) is 9.27 Å². The lowest BCUT2D eigenvalue weighted by Gasteiger charge is -2.15. The predicted molar refractivity (Wildman–Crippen MR) is 47.8 cm³/mol. The number of halogens is 1. The van der Waals surface area contributed by atoms with Crippen molar-refractivity contribution in [1.29, 1.82) is 0 Å². The van der Waals surface area contributed by atoms with Gasteiger partial charge in [0, 0.05) is 5.41 Å². The molecule has 0 radical (unpaired) electrons. The van der Waals surface area contributed by atoms with Crippen molar-refractivity contribution in [3.05, 3.63) is 20.5 Å². The molecule has 0 spiro atoms. The molecule has 0 aliphatic rings. The number of aromatic nitrogens is 2. The molecule has 0 atom stereocenters. The molecule has 0 saturated carbocycles. The van der Waals surface area contributed by atoms with E-state index >= 15 is 0 Å². The van der Waals surface area contributed by atoms with Crippen molar-refractivity contribution >= 4 is 15.9 Å². The SMILES string of the molecule is CC(C)(C)c1[nH][nH]c(=O)c1Br. The topological polar surface area (TPSA) is 48.6 Å². The molecule has 1 rings (SSSR count). The molecule has 0 aliphatic heterocycles. The Kier molecular flexibility index (Phi) is 1.96. The highest BCUT2D eigenvalue weighted by Gasteiger charge is 2.20. The Hall–Kier alpha value is -0.510. The number of hydrogen-bond acceptors (Lipinski definition) is 1. The zero-order chi connectivity index (χ0) is 8.65. The summed E-state index contributed by atoms with van der Waals surface area (Å²) in [5.74, 6) is 0. The summed E-state index contributed by atoms with van der Waals surface area (Å²) in [5.41, 5.74) is 0.773. The summed E-state index contributed by atoms with van der Waals surface area (Å²) in [7, 11) is 0. The van der Waals surface area contributed by atoms with Crippen LogP contribution >= 0.6 is 15.9 Å². The third-order valence-corrected chi connectivity index (χ3v) is 2.23. The average molecular weight is 219 g/mol. The molecular weight excluding hydrogens is 208 g/mol. The van der Waals surface area contributed by atoms with Gasteiger partial charge in [-0.1, -0.05) is 20.8 Å². The molecule has 3 nitrogen and oxygen atoms in total. The summed E-state index contributed by atoms with van der Waals surface area (Å²) < 4.78 is 0.602. The van der Waals surface area contributed by atoms with Crippen LogP contribution in [0.4, 0.5) is 0 Å². The Morgan fingerprint density at radius 2 is 1.82 bits per heavy atom. The van der Waals surface area contributed by atoms with Crippen LogP contribution in [0.3, 0.4) is 0 Å². The molecule has 1 heterocycles. The highest BCUT2D eigenvalue weighted by atomic mass is 79.9. The van der Waals surface area contributed by atoms with Gasteiger partial charge in [0.15, 0.2) is 0 Å². The number of H-pyrrole nitrogens is 2. The van der Waals surface area contributed by atoms with Crippen LogP contribution in [0, 0.1) is 0 Å². The highest BCUT2D eigenvalue weighted by molar-refractivity contribution is 9.10. The molecule has 0 unspecified atom stereocenters. The third kappa shape index (κ3) is 1.56. The standard InChI is InChI=1S/C7H11BrN2O/c1-7(2,3)5-4(8)6(11)10-9-5/h1-3H3,(H2,9,10,11). The van der Waals surface area contributed by atoms with Gasteiger partial charge in [0.05, 0.1) is 5.69 Å². The summed E-state index contributed by atoms with van der Waals surface area (Å²) in [6.07, 6.45) is 0. The summed E-state index contributed by atoms with van der Waals surface area (Å²) in [6.45, 7) is 6.12. The number of nitrogens with one attached hydrogen (secondary N) is 2. The predicted octanol–water partition coefficient (Wildman–Crippen LogP) is 1.76. The van der Waals surface area contributed by atoms with E-state index in [4.69, 9.17) is 0 Å². The maximum Gasteiger partial charge on any atom is 0.278 e. The van der Waals surface area contributed by atoms with E-state index in [1.54, 1.807) is 0 Å². The number of aromatic amines is 2. The van der Waals surface area contributed by atoms with Crippen molar-refractivity contribution < 1.29 is 0 Å². The molecule has 0 aromatic carbocycles. The van der Waals surface area contributed by atoms with E-state index in [-0.39, 0.29) is 11.0 Å². The first-order valence-electron chi connectivity index (χ1n) is 3.39. The largest absolute Gasteiger partial charge is 0.301 e. The van der Waals surface area contributed by atoms with Crippen LogP contribution in [0.25, 0.3) is 0 Å². The molecule has 0 aliphatic carbocycles. The Balaban J connectivity index is 3.26. The second-order valence-corrected chi connectivity index (χ2v) is 4.31. The van der Waals surface area contributed by atoms with E-state index in [0.29, 0.717) is 4.47 Å². The van der Waals surface area contributed by atoms with Crippen LogP contribution in [0.1, 0.15) is 26.5 Å². The summed E-state index contributed by atoms with van der Waals surface area (Å²) in [6, 6.07) is 0. The van der Waals surface area contributed by atoms with Crippen molar-refractivity contribution in [3.8, 4) is 0 Å². The molecule has 0 saturated heterocycles. The monoisotopic (exact) mass is 218 g/mol. The fourth-order valence-corrected chi connectivity index (χ4v) is 1.65. The molecular formula is C7H11BrN2O. The van der Waals surface area contributed by atoms with Gasteiger partial charge in [-0.15, -0.1) is 0 Å². The smallest absolute Gasteiger partial charge is 0.278 e. The van der Waals surface area contributed by atoms with Crippen molar-refractivity contribution in [2.75, 3.05) is 0 Å². The number of rotatable bonds is 0. The van der Waals surface area contributed by atoms with Crippen molar-refractivity contribution in [3.63, 3.8) is 0 Å². The summed E-state index contributed by atoms with van der Waals surface area (Å²) in [5, 5.41) is 5.35. The quantitative estimate of drug-likeness (QED) is 0.686. The summed E-state index contributed by atoms with van der Waals surface area (Å²) in [4.78, 5) is 11.0. The Bertz CT molecular complexity index is 305. The van der Waals surface area contributed by atoms with Gasteiger partial charge in [-0.3, -0.25) is 9.89 Å². The lowest BCUT2D eigenvalue weighted by Crippen LogP contribution is -2.13. The van der Waals surface area contributed by atoms with Crippen LogP contribution in [-0.2, 0) is 5.41 Å². The van der Waals surface area contributed by atoms with E-state index in [2.05, 4.69) is 26.1 Å². The lowest BCUT2D eigenvalue weighted by molar-refractivity contribution is 0.564. The normalized spacial score (nSPS) is 12.0. The van der Waals surface area contributed by atoms with Gasteiger partial charge in [0.25, 0.3) is 5.56 Å². The zero-order valence-electron chi connectivity index (χ0n) is 6.79. The first kappa shape index (κ1) is 8.59. The molecule has 1 aromatic rings. The minimum absolute atomic E-state index is 0.0298. The Morgan fingerprint density at radius 3 is 2.00 bits per heavy atom. The van der Waals surface area contributed by atoms with Gasteiger partial charge in [0.1, 0.15) is 4.47 Å². The van der Waals surface area contributed by atoms with E-state index < -0.39 is 0 Å². The third-order valence-electron chi connectivity index (χ3n) is 1.47. The first-order chi connectivity index (χ1) is 4.93. The van der Waals surface area contributed by atoms with Gasteiger partial charge in [-0.2, -0.15) is 0 Å². The highest BCUT2D eigenvalue weighted by Crippen LogP contribution is 2.24. The van der Waals surface area contributed by atoms with Crippen LogP contribution < -0.4 is 5.56 Å². The van der Waals surface area contributed by atoms with Gasteiger partial charge in [-0.05, 0) is 15.9 Å². The molecule has 2 N–H and O–H groups in total. The van der Waals surface area contributed by atoms with Crippen LogP contribution in [-0.4, -0.2) is 10.2 Å². The maximum atomic E-state index is 11.0. The summed E-state index contributed by atoms with van der Waals surface area (Å²) >= 11 is 3.21. The number of hydrogen-bond donors (Lipinski definition) is 2. The van der Waals surface area contributed by atoms with Crippen LogP contribution in [0.5, 0.6) is 0 Å². The Morgan fingerprint density at radius 1 is 1.27 bits per heavy atom. The molecule has 0 amide bonds. The van der Waals surface area contributed by atoms with E-state index in [9.17, 15) is 4.79 Å². The molecule has 11 heavy (non-hydrogen) atoms. The first-order valence-corrected chi connectivity index (χ1v) is 4.19. The molecule has 62 valence electrons. The van der Waals surface area contributed by atoms with E-state index in [1.165, 1.54) is 0 Å². The fourth-order valence-electron chi connectivity index (χ4n) is 0.859. The van der Waals surface area contributed by atoms with Gasteiger partial charge in [-0.25, -0.2) is 0 Å². The lowest BCUT2D eigenvalue weighted by atomic mass is 9.93. The van der Waals surface area contributed by atoms with Crippen molar-refractivity contribution in [1.82, 2.24) is 10.2 Å². The second-order valence-electron chi connectivity index (χ2n) is 3.52. The van der Waals surface area contributed by atoms with Crippen molar-refractivity contribution in [2.45, 2.75) is 26.2 Å². The maximum absolute atomic E-state index is 11.0. The fraction of sp³-hybridized carbons (Fsp3) is 0.571. The molecule has 0 fully saturated rings. The molecule has 0 bridgehead atoms. The van der Waals surface area contributed by atoms with Crippen molar-refractivity contribution in [2.24, 2.45) is 0 Å². The molecule has 1 aromatic heterocycles. The Labute approximate surface area is 73.3 Å². The van der Waals surface area contributed by atoms with E-state index in [1.807, 2.05) is 20.8 Å². The zero-order valence-corrected chi connectivity index (χ0v) is 8.37. The van der Waals surface area contributed by atoms with E-state index in [0.717, 1.165) is 5.69 Å². The van der Waals surface area contributed by atoms with Gasteiger partial charge >= 0.3 is 0 Å². The van der Waals surface area contributed by atoms with Crippen LogP contribution in [0.2, 0.25) is 0 Å². The minimum Gasteiger partial charge on any atom is -0.301 e. The second kappa shape index (κ2) is 2.52. The average Bonchev–Trinajstić information content (AvgIpc) is 2.11.